The molecule has 0 radical (unpaired) electrons. The van der Waals surface area contributed by atoms with Gasteiger partial charge in [0.25, 0.3) is 0 Å². The van der Waals surface area contributed by atoms with Crippen molar-refractivity contribution >= 4 is 0 Å². The Hall–Kier alpha value is -2.46. The van der Waals surface area contributed by atoms with Gasteiger partial charge in [-0.2, -0.15) is 0 Å². The first kappa shape index (κ1) is 17.4. The summed E-state index contributed by atoms with van der Waals surface area (Å²) in [5.74, 6) is 0. The van der Waals surface area contributed by atoms with Crippen LogP contribution in [0.1, 0.15) is 49.4 Å². The van der Waals surface area contributed by atoms with Crippen molar-refractivity contribution in [2.45, 2.75) is 44.8 Å². The van der Waals surface area contributed by atoms with Crippen molar-refractivity contribution < 1.29 is 5.11 Å². The standard InChI is InChI=1S/C21H25N3O/c1-2-3-4-11-16-24-20(17-22-23-24)21(25,18-12-7-5-8-13-18)19-14-9-6-10-15-19/h5-10,12-15,17,25H,2-4,11,16H2,1H3. The molecule has 130 valence electrons. The van der Waals surface area contributed by atoms with Gasteiger partial charge in [0.2, 0.25) is 0 Å². The largest absolute Gasteiger partial charge is 0.374 e. The Labute approximate surface area is 149 Å². The smallest absolute Gasteiger partial charge is 0.158 e. The van der Waals surface area contributed by atoms with E-state index in [9.17, 15) is 5.11 Å². The molecule has 0 aliphatic rings. The fourth-order valence-electron chi connectivity index (χ4n) is 3.21. The average Bonchev–Trinajstić information content (AvgIpc) is 3.15. The lowest BCUT2D eigenvalue weighted by Gasteiger charge is -2.29. The predicted octanol–water partition coefficient (Wildman–Crippen LogP) is 4.14. The summed E-state index contributed by atoms with van der Waals surface area (Å²) in [5.41, 5.74) is 1.08. The Morgan fingerprint density at radius 3 is 2.04 bits per heavy atom. The molecule has 0 saturated carbocycles. The van der Waals surface area contributed by atoms with Gasteiger partial charge in [0.05, 0.1) is 11.9 Å². The molecule has 0 amide bonds. The third-order valence-corrected chi connectivity index (χ3v) is 4.59. The van der Waals surface area contributed by atoms with Gasteiger partial charge in [0, 0.05) is 6.54 Å². The molecule has 0 saturated heterocycles. The van der Waals surface area contributed by atoms with Gasteiger partial charge in [-0.15, -0.1) is 5.10 Å². The monoisotopic (exact) mass is 335 g/mol. The SMILES string of the molecule is CCCCCCn1nncc1C(O)(c1ccccc1)c1ccccc1. The topological polar surface area (TPSA) is 50.9 Å². The maximum atomic E-state index is 11.8. The highest BCUT2D eigenvalue weighted by Crippen LogP contribution is 2.36. The third-order valence-electron chi connectivity index (χ3n) is 4.59. The zero-order chi connectivity index (χ0) is 17.5. The maximum absolute atomic E-state index is 11.8. The molecule has 0 bridgehead atoms. The van der Waals surface area contributed by atoms with Crippen molar-refractivity contribution in [3.8, 4) is 0 Å². The molecule has 25 heavy (non-hydrogen) atoms. The van der Waals surface area contributed by atoms with Crippen molar-refractivity contribution in [3.63, 3.8) is 0 Å². The highest BCUT2D eigenvalue weighted by atomic mass is 16.3. The second kappa shape index (κ2) is 8.08. The summed E-state index contributed by atoms with van der Waals surface area (Å²) in [7, 11) is 0. The summed E-state index contributed by atoms with van der Waals surface area (Å²) in [6, 6.07) is 19.5. The molecule has 0 fully saturated rings. The first-order valence-electron chi connectivity index (χ1n) is 8.99. The average molecular weight is 335 g/mol. The van der Waals surface area contributed by atoms with Crippen LogP contribution in [0.2, 0.25) is 0 Å². The molecule has 0 aliphatic heterocycles. The zero-order valence-electron chi connectivity index (χ0n) is 14.7. The summed E-state index contributed by atoms with van der Waals surface area (Å²) >= 11 is 0. The Bertz CT molecular complexity index is 729. The molecule has 3 rings (SSSR count). The molecule has 0 unspecified atom stereocenters. The van der Waals surface area contributed by atoms with Crippen LogP contribution in [0.15, 0.2) is 66.9 Å². The van der Waals surface area contributed by atoms with Gasteiger partial charge in [0.15, 0.2) is 5.60 Å². The van der Waals surface area contributed by atoms with Crippen LogP contribution >= 0.6 is 0 Å². The van der Waals surface area contributed by atoms with Crippen molar-refractivity contribution in [2.75, 3.05) is 0 Å². The van der Waals surface area contributed by atoms with Gasteiger partial charge >= 0.3 is 0 Å². The van der Waals surface area contributed by atoms with Crippen LogP contribution in [-0.2, 0) is 12.1 Å². The van der Waals surface area contributed by atoms with Crippen LogP contribution in [0.3, 0.4) is 0 Å². The second-order valence-corrected chi connectivity index (χ2v) is 6.35. The highest BCUT2D eigenvalue weighted by molar-refractivity contribution is 5.43. The molecule has 1 aromatic heterocycles. The van der Waals surface area contributed by atoms with E-state index in [2.05, 4.69) is 17.2 Å². The van der Waals surface area contributed by atoms with Gasteiger partial charge in [-0.25, -0.2) is 4.68 Å². The number of hydrogen-bond donors (Lipinski definition) is 1. The van der Waals surface area contributed by atoms with Gasteiger partial charge < -0.3 is 5.11 Å². The number of nitrogens with zero attached hydrogens (tertiary/aromatic N) is 3. The lowest BCUT2D eigenvalue weighted by atomic mass is 9.83. The number of aliphatic hydroxyl groups is 1. The van der Waals surface area contributed by atoms with E-state index >= 15 is 0 Å². The Balaban J connectivity index is 2.01. The lowest BCUT2D eigenvalue weighted by molar-refractivity contribution is 0.114. The fraction of sp³-hybridized carbons (Fsp3) is 0.333. The molecule has 0 spiro atoms. The number of rotatable bonds is 8. The quantitative estimate of drug-likeness (QED) is 0.629. The van der Waals surface area contributed by atoms with Crippen LogP contribution in [0.4, 0.5) is 0 Å². The molecule has 3 aromatic rings. The number of hydrogen-bond acceptors (Lipinski definition) is 3. The Morgan fingerprint density at radius 2 is 1.48 bits per heavy atom. The minimum atomic E-state index is -1.27. The minimum absolute atomic E-state index is 0.710. The van der Waals surface area contributed by atoms with E-state index in [0.717, 1.165) is 30.5 Å². The van der Waals surface area contributed by atoms with Crippen molar-refractivity contribution in [2.24, 2.45) is 0 Å². The molecule has 1 N–H and O–H groups in total. The van der Waals surface area contributed by atoms with Gasteiger partial charge in [0.1, 0.15) is 0 Å². The number of aryl methyl sites for hydroxylation is 1. The normalized spacial score (nSPS) is 11.6. The molecule has 4 nitrogen and oxygen atoms in total. The van der Waals surface area contributed by atoms with Crippen molar-refractivity contribution in [1.29, 1.82) is 0 Å². The first-order chi connectivity index (χ1) is 12.3. The fourth-order valence-corrected chi connectivity index (χ4v) is 3.21. The number of aromatic nitrogens is 3. The van der Waals surface area contributed by atoms with Crippen molar-refractivity contribution in [3.05, 3.63) is 83.7 Å². The third kappa shape index (κ3) is 3.64. The van der Waals surface area contributed by atoms with Crippen LogP contribution in [0.25, 0.3) is 0 Å². The van der Waals surface area contributed by atoms with E-state index < -0.39 is 5.60 Å². The molecule has 1 heterocycles. The zero-order valence-corrected chi connectivity index (χ0v) is 14.7. The molecule has 2 aromatic carbocycles. The molecule has 0 aliphatic carbocycles. The summed E-state index contributed by atoms with van der Waals surface area (Å²) in [5, 5.41) is 20.1. The maximum Gasteiger partial charge on any atom is 0.158 e. The Kier molecular flexibility index (Phi) is 5.61. The highest BCUT2D eigenvalue weighted by Gasteiger charge is 2.37. The van der Waals surface area contributed by atoms with E-state index in [1.165, 1.54) is 12.8 Å². The lowest BCUT2D eigenvalue weighted by Crippen LogP contribution is -2.32. The number of benzene rings is 2. The van der Waals surface area contributed by atoms with Crippen LogP contribution in [0.5, 0.6) is 0 Å². The summed E-state index contributed by atoms with van der Waals surface area (Å²) in [6.45, 7) is 2.96. The second-order valence-electron chi connectivity index (χ2n) is 6.35. The minimum Gasteiger partial charge on any atom is -0.374 e. The Morgan fingerprint density at radius 1 is 0.880 bits per heavy atom. The molecule has 0 atom stereocenters. The first-order valence-corrected chi connectivity index (χ1v) is 8.99. The number of unbranched alkanes of at least 4 members (excludes halogenated alkanes) is 3. The van der Waals surface area contributed by atoms with Gasteiger partial charge in [-0.1, -0.05) is 92.1 Å². The van der Waals surface area contributed by atoms with Gasteiger partial charge in [-0.05, 0) is 17.5 Å². The summed E-state index contributed by atoms with van der Waals surface area (Å²) in [4.78, 5) is 0. The molecule has 4 heteroatoms. The van der Waals surface area contributed by atoms with Crippen LogP contribution in [-0.4, -0.2) is 20.1 Å². The summed E-state index contributed by atoms with van der Waals surface area (Å²) < 4.78 is 1.84. The van der Waals surface area contributed by atoms with Crippen molar-refractivity contribution in [1.82, 2.24) is 15.0 Å². The van der Waals surface area contributed by atoms with E-state index in [4.69, 9.17) is 0 Å². The van der Waals surface area contributed by atoms with E-state index in [-0.39, 0.29) is 0 Å². The molecular formula is C21H25N3O. The predicted molar refractivity (Wildman–Crippen MR) is 99.1 cm³/mol. The van der Waals surface area contributed by atoms with E-state index in [0.29, 0.717) is 5.69 Å². The van der Waals surface area contributed by atoms with Crippen LogP contribution in [0, 0.1) is 0 Å². The van der Waals surface area contributed by atoms with E-state index in [1.807, 2.05) is 65.3 Å². The molecular weight excluding hydrogens is 310 g/mol. The van der Waals surface area contributed by atoms with Gasteiger partial charge in [-0.3, -0.25) is 0 Å². The van der Waals surface area contributed by atoms with E-state index in [1.54, 1.807) is 6.20 Å². The summed E-state index contributed by atoms with van der Waals surface area (Å²) in [6.07, 6.45) is 6.28. The van der Waals surface area contributed by atoms with Crippen LogP contribution < -0.4 is 0 Å².